The lowest BCUT2D eigenvalue weighted by atomic mass is 9.96. The number of rotatable bonds is 4. The number of oxazole rings is 1. The van der Waals surface area contributed by atoms with Crippen LogP contribution in [0.25, 0.3) is 22.5 Å². The molecule has 8 heteroatoms. The van der Waals surface area contributed by atoms with Crippen molar-refractivity contribution in [2.24, 2.45) is 5.92 Å². The zero-order valence-corrected chi connectivity index (χ0v) is 19.1. The maximum Gasteiger partial charge on any atom is 0.298 e. The summed E-state index contributed by atoms with van der Waals surface area (Å²) in [6, 6.07) is 16.4. The second-order valence-electron chi connectivity index (χ2n) is 9.20. The van der Waals surface area contributed by atoms with Crippen LogP contribution in [0.3, 0.4) is 0 Å². The van der Waals surface area contributed by atoms with Gasteiger partial charge in [0.1, 0.15) is 11.3 Å². The highest BCUT2D eigenvalue weighted by Crippen LogP contribution is 2.28. The summed E-state index contributed by atoms with van der Waals surface area (Å²) >= 11 is 0. The number of anilines is 2. The van der Waals surface area contributed by atoms with Crippen molar-refractivity contribution >= 4 is 28.7 Å². The SMILES string of the molecule is O=C(Nc1cccc(-c2nnc3n2CCCCC3)c1)C1CCN(c2nc3ccccc3o2)CC1. The van der Waals surface area contributed by atoms with Gasteiger partial charge in [0.05, 0.1) is 0 Å². The molecular weight excluding hydrogens is 428 g/mol. The summed E-state index contributed by atoms with van der Waals surface area (Å²) in [4.78, 5) is 19.7. The van der Waals surface area contributed by atoms with Crippen molar-refractivity contribution in [3.8, 4) is 11.4 Å². The Morgan fingerprint density at radius 3 is 2.74 bits per heavy atom. The molecule has 1 saturated heterocycles. The number of aromatic nitrogens is 4. The van der Waals surface area contributed by atoms with E-state index in [4.69, 9.17) is 4.42 Å². The third-order valence-corrected chi connectivity index (χ3v) is 6.92. The Kier molecular flexibility index (Phi) is 5.49. The van der Waals surface area contributed by atoms with Crippen molar-refractivity contribution in [3.05, 3.63) is 54.4 Å². The number of nitrogens with one attached hydrogen (secondary N) is 1. The molecule has 1 fully saturated rings. The van der Waals surface area contributed by atoms with Gasteiger partial charge in [-0.1, -0.05) is 30.7 Å². The molecule has 2 aliphatic rings. The highest BCUT2D eigenvalue weighted by atomic mass is 16.4. The van der Waals surface area contributed by atoms with E-state index in [9.17, 15) is 4.79 Å². The Balaban J connectivity index is 1.11. The molecule has 0 spiro atoms. The molecule has 0 unspecified atom stereocenters. The van der Waals surface area contributed by atoms with Crippen molar-refractivity contribution < 1.29 is 9.21 Å². The molecule has 2 aromatic carbocycles. The lowest BCUT2D eigenvalue weighted by Crippen LogP contribution is -2.38. The maximum absolute atomic E-state index is 13.0. The predicted octanol–water partition coefficient (Wildman–Crippen LogP) is 4.67. The van der Waals surface area contributed by atoms with Crippen molar-refractivity contribution in [2.45, 2.75) is 45.1 Å². The molecule has 34 heavy (non-hydrogen) atoms. The Hall–Kier alpha value is -3.68. The first-order chi connectivity index (χ1) is 16.7. The summed E-state index contributed by atoms with van der Waals surface area (Å²) in [5.74, 6) is 1.98. The van der Waals surface area contributed by atoms with Crippen LogP contribution in [0.1, 0.15) is 37.9 Å². The van der Waals surface area contributed by atoms with Gasteiger partial charge < -0.3 is 19.2 Å². The number of carbonyl (C=O) groups excluding carboxylic acids is 1. The fourth-order valence-corrected chi connectivity index (χ4v) is 5.01. The normalized spacial score (nSPS) is 16.9. The quantitative estimate of drug-likeness (QED) is 0.480. The lowest BCUT2D eigenvalue weighted by Gasteiger charge is -2.30. The molecule has 0 radical (unpaired) electrons. The minimum atomic E-state index is -0.0337. The molecule has 4 aromatic rings. The third-order valence-electron chi connectivity index (χ3n) is 6.92. The first-order valence-electron chi connectivity index (χ1n) is 12.2. The molecule has 8 nitrogen and oxygen atoms in total. The molecule has 174 valence electrons. The summed E-state index contributed by atoms with van der Waals surface area (Å²) in [6.45, 7) is 2.45. The molecule has 0 bridgehead atoms. The zero-order valence-electron chi connectivity index (χ0n) is 19.1. The Labute approximate surface area is 198 Å². The molecule has 0 saturated carbocycles. The molecule has 1 N–H and O–H groups in total. The maximum atomic E-state index is 13.0. The number of aryl methyl sites for hydroxylation is 1. The standard InChI is InChI=1S/C26H28N6O2/c33-25(18-12-15-31(16-13-18)26-28-21-9-3-4-10-22(21)34-26)27-20-8-6-7-19(17-20)24-30-29-23-11-2-1-5-14-32(23)24/h3-4,6-10,17-18H,1-2,5,11-16H2,(H,27,33). The fourth-order valence-electron chi connectivity index (χ4n) is 5.01. The highest BCUT2D eigenvalue weighted by molar-refractivity contribution is 5.93. The predicted molar refractivity (Wildman–Crippen MR) is 131 cm³/mol. The van der Waals surface area contributed by atoms with Crippen molar-refractivity contribution in [3.63, 3.8) is 0 Å². The van der Waals surface area contributed by atoms with E-state index in [0.717, 1.165) is 79.3 Å². The van der Waals surface area contributed by atoms with Gasteiger partial charge in [-0.15, -0.1) is 10.2 Å². The monoisotopic (exact) mass is 456 g/mol. The van der Waals surface area contributed by atoms with Gasteiger partial charge in [-0.2, -0.15) is 4.98 Å². The van der Waals surface area contributed by atoms with E-state index >= 15 is 0 Å². The topological polar surface area (TPSA) is 89.1 Å². The van der Waals surface area contributed by atoms with Crippen molar-refractivity contribution in [1.82, 2.24) is 19.7 Å². The number of amides is 1. The summed E-state index contributed by atoms with van der Waals surface area (Å²) in [5.41, 5.74) is 3.45. The Morgan fingerprint density at radius 2 is 1.85 bits per heavy atom. The van der Waals surface area contributed by atoms with E-state index in [0.29, 0.717) is 6.01 Å². The molecule has 4 heterocycles. The van der Waals surface area contributed by atoms with Gasteiger partial charge in [0.2, 0.25) is 5.91 Å². The van der Waals surface area contributed by atoms with Gasteiger partial charge in [0, 0.05) is 43.2 Å². The highest BCUT2D eigenvalue weighted by Gasteiger charge is 2.27. The molecule has 6 rings (SSSR count). The Morgan fingerprint density at radius 1 is 0.971 bits per heavy atom. The lowest BCUT2D eigenvalue weighted by molar-refractivity contribution is -0.120. The fraction of sp³-hybridized carbons (Fsp3) is 0.385. The molecule has 0 aliphatic carbocycles. The number of hydrogen-bond acceptors (Lipinski definition) is 6. The van der Waals surface area contributed by atoms with Gasteiger partial charge >= 0.3 is 0 Å². The number of carbonyl (C=O) groups is 1. The van der Waals surface area contributed by atoms with E-state index in [1.807, 2.05) is 48.5 Å². The number of para-hydroxylation sites is 2. The van der Waals surface area contributed by atoms with Gasteiger partial charge in [0.15, 0.2) is 11.4 Å². The second-order valence-corrected chi connectivity index (χ2v) is 9.20. The molecule has 2 aliphatic heterocycles. The number of hydrogen-bond donors (Lipinski definition) is 1. The first kappa shape index (κ1) is 20.9. The van der Waals surface area contributed by atoms with Gasteiger partial charge in [0.25, 0.3) is 6.01 Å². The van der Waals surface area contributed by atoms with E-state index < -0.39 is 0 Å². The molecular formula is C26H28N6O2. The van der Waals surface area contributed by atoms with Crippen LogP contribution in [-0.4, -0.2) is 38.7 Å². The van der Waals surface area contributed by atoms with Crippen LogP contribution < -0.4 is 10.2 Å². The van der Waals surface area contributed by atoms with Gasteiger partial charge in [-0.25, -0.2) is 0 Å². The van der Waals surface area contributed by atoms with Crippen molar-refractivity contribution in [2.75, 3.05) is 23.3 Å². The van der Waals surface area contributed by atoms with Crippen LogP contribution in [0.5, 0.6) is 0 Å². The van der Waals surface area contributed by atoms with Crippen LogP contribution >= 0.6 is 0 Å². The third kappa shape index (κ3) is 4.04. The van der Waals surface area contributed by atoms with Crippen LogP contribution in [0, 0.1) is 5.92 Å². The van der Waals surface area contributed by atoms with Crippen LogP contribution in [-0.2, 0) is 17.8 Å². The summed E-state index contributed by atoms with van der Waals surface area (Å²) in [7, 11) is 0. The van der Waals surface area contributed by atoms with Crippen molar-refractivity contribution in [1.29, 1.82) is 0 Å². The summed E-state index contributed by atoms with van der Waals surface area (Å²) in [5, 5.41) is 12.0. The summed E-state index contributed by atoms with van der Waals surface area (Å²) in [6.07, 6.45) is 6.05. The Bertz CT molecular complexity index is 1280. The zero-order chi connectivity index (χ0) is 22.9. The average molecular weight is 457 g/mol. The van der Waals surface area contributed by atoms with E-state index in [1.165, 1.54) is 12.8 Å². The molecule has 2 aromatic heterocycles. The van der Waals surface area contributed by atoms with Crippen LogP contribution in [0.15, 0.2) is 52.9 Å². The number of nitrogens with zero attached hydrogens (tertiary/aromatic N) is 5. The van der Waals surface area contributed by atoms with E-state index in [1.54, 1.807) is 0 Å². The number of piperidine rings is 1. The smallest absolute Gasteiger partial charge is 0.298 e. The van der Waals surface area contributed by atoms with Crippen LogP contribution in [0.4, 0.5) is 11.7 Å². The first-order valence-corrected chi connectivity index (χ1v) is 12.2. The summed E-state index contributed by atoms with van der Waals surface area (Å²) < 4.78 is 8.13. The second kappa shape index (κ2) is 8.93. The van der Waals surface area contributed by atoms with Gasteiger partial charge in [-0.3, -0.25) is 4.79 Å². The van der Waals surface area contributed by atoms with Crippen LogP contribution in [0.2, 0.25) is 0 Å². The number of benzene rings is 2. The molecule has 1 amide bonds. The molecule has 0 atom stereocenters. The number of fused-ring (bicyclic) bond motifs is 2. The van der Waals surface area contributed by atoms with E-state index in [2.05, 4.69) is 30.0 Å². The average Bonchev–Trinajstić information content (AvgIpc) is 3.41. The minimum absolute atomic E-state index is 0.0337. The minimum Gasteiger partial charge on any atom is -0.423 e. The van der Waals surface area contributed by atoms with E-state index in [-0.39, 0.29) is 11.8 Å². The van der Waals surface area contributed by atoms with Gasteiger partial charge in [-0.05, 0) is 49.9 Å². The largest absolute Gasteiger partial charge is 0.423 e.